The molecule has 7 heteroatoms. The lowest BCUT2D eigenvalue weighted by atomic mass is 10.2. The summed E-state index contributed by atoms with van der Waals surface area (Å²) in [5, 5.41) is 0.650. The Kier molecular flexibility index (Phi) is 4.77. The maximum Gasteiger partial charge on any atom is 0.265 e. The number of carbonyl (C=O) groups is 2. The molecule has 19 heavy (non-hydrogen) atoms. The molecule has 0 aliphatic heterocycles. The molecule has 0 bridgehead atoms. The molecule has 0 fully saturated rings. The first kappa shape index (κ1) is 15.3. The zero-order valence-corrected chi connectivity index (χ0v) is 12.5. The summed E-state index contributed by atoms with van der Waals surface area (Å²) in [6.07, 6.45) is 0.920. The Balaban J connectivity index is 3.35. The summed E-state index contributed by atoms with van der Waals surface area (Å²) in [4.78, 5) is 27.3. The van der Waals surface area contributed by atoms with Gasteiger partial charge in [0.25, 0.3) is 11.8 Å². The van der Waals surface area contributed by atoms with E-state index in [4.69, 9.17) is 11.5 Å². The predicted molar refractivity (Wildman–Crippen MR) is 78.8 cm³/mol. The van der Waals surface area contributed by atoms with Crippen molar-refractivity contribution in [2.24, 2.45) is 5.73 Å². The van der Waals surface area contributed by atoms with Crippen LogP contribution in [-0.4, -0.2) is 44.4 Å². The summed E-state index contributed by atoms with van der Waals surface area (Å²) in [6.45, 7) is 2.79. The van der Waals surface area contributed by atoms with Crippen molar-refractivity contribution in [1.82, 2.24) is 4.90 Å². The number of rotatable bonds is 5. The van der Waals surface area contributed by atoms with Crippen molar-refractivity contribution in [3.63, 3.8) is 0 Å². The van der Waals surface area contributed by atoms with Gasteiger partial charge in [0.15, 0.2) is 0 Å². The molecule has 0 aliphatic rings. The molecule has 106 valence electrons. The van der Waals surface area contributed by atoms with Crippen LogP contribution < -0.4 is 16.4 Å². The highest BCUT2D eigenvalue weighted by Crippen LogP contribution is 2.38. The van der Waals surface area contributed by atoms with Crippen molar-refractivity contribution in [1.29, 1.82) is 0 Å². The van der Waals surface area contributed by atoms with E-state index >= 15 is 0 Å². The van der Waals surface area contributed by atoms with Crippen LogP contribution in [-0.2, 0) is 0 Å². The van der Waals surface area contributed by atoms with Gasteiger partial charge in [-0.15, -0.1) is 11.3 Å². The minimum absolute atomic E-state index is 0.175. The zero-order valence-electron chi connectivity index (χ0n) is 11.7. The van der Waals surface area contributed by atoms with Gasteiger partial charge in [0.1, 0.15) is 9.88 Å². The van der Waals surface area contributed by atoms with Gasteiger partial charge in [-0.2, -0.15) is 0 Å². The topological polar surface area (TPSA) is 92.7 Å². The number of primary amides is 1. The first-order valence-corrected chi connectivity index (χ1v) is 6.77. The normalized spacial score (nSPS) is 10.3. The molecule has 0 unspecified atom stereocenters. The fourth-order valence-corrected chi connectivity index (χ4v) is 2.97. The molecule has 4 N–H and O–H groups in total. The van der Waals surface area contributed by atoms with Crippen molar-refractivity contribution in [2.75, 3.05) is 38.3 Å². The van der Waals surface area contributed by atoms with Crippen LogP contribution in [0.25, 0.3) is 0 Å². The quantitative estimate of drug-likeness (QED) is 0.843. The number of carbonyl (C=O) groups excluding carboxylic acids is 2. The highest BCUT2D eigenvalue weighted by molar-refractivity contribution is 7.19. The third kappa shape index (κ3) is 2.98. The summed E-state index contributed by atoms with van der Waals surface area (Å²) in [5.74, 6) is -0.828. The van der Waals surface area contributed by atoms with Crippen LogP contribution in [0.3, 0.4) is 0 Å². The molecule has 0 saturated carbocycles. The van der Waals surface area contributed by atoms with Crippen molar-refractivity contribution in [3.8, 4) is 0 Å². The van der Waals surface area contributed by atoms with E-state index in [1.165, 1.54) is 16.2 Å². The first-order valence-electron chi connectivity index (χ1n) is 5.96. The third-order valence-electron chi connectivity index (χ3n) is 2.68. The molecular formula is C12H20N4O2S. The van der Waals surface area contributed by atoms with E-state index in [9.17, 15) is 9.59 Å². The van der Waals surface area contributed by atoms with E-state index in [1.54, 1.807) is 14.1 Å². The maximum absolute atomic E-state index is 12.0. The number of nitrogen functional groups attached to an aromatic ring is 1. The Morgan fingerprint density at radius 3 is 2.26 bits per heavy atom. The van der Waals surface area contributed by atoms with E-state index in [-0.39, 0.29) is 17.2 Å². The zero-order chi connectivity index (χ0) is 14.7. The average Bonchev–Trinajstić information content (AvgIpc) is 2.66. The molecule has 0 atom stereocenters. The molecule has 1 heterocycles. The number of nitrogens with two attached hydrogens (primary N) is 2. The highest BCUT2D eigenvalue weighted by atomic mass is 32.1. The van der Waals surface area contributed by atoms with Crippen LogP contribution in [0.4, 0.5) is 10.7 Å². The van der Waals surface area contributed by atoms with E-state index in [0.717, 1.165) is 13.0 Å². The fourth-order valence-electron chi connectivity index (χ4n) is 1.74. The summed E-state index contributed by atoms with van der Waals surface area (Å²) in [7, 11) is 5.13. The van der Waals surface area contributed by atoms with Crippen LogP contribution in [0.5, 0.6) is 0 Å². The van der Waals surface area contributed by atoms with Gasteiger partial charge in [-0.1, -0.05) is 6.92 Å². The Morgan fingerprint density at radius 1 is 1.26 bits per heavy atom. The van der Waals surface area contributed by atoms with Crippen LogP contribution in [0.1, 0.15) is 33.4 Å². The second kappa shape index (κ2) is 5.92. The summed E-state index contributed by atoms with van der Waals surface area (Å²) in [6, 6.07) is 0. The summed E-state index contributed by atoms with van der Waals surface area (Å²) in [5.41, 5.74) is 11.7. The third-order valence-corrected chi connectivity index (χ3v) is 3.99. The second-order valence-corrected chi connectivity index (χ2v) is 5.51. The number of amides is 2. The molecular weight excluding hydrogens is 264 g/mol. The first-order chi connectivity index (χ1) is 8.81. The highest BCUT2D eigenvalue weighted by Gasteiger charge is 2.26. The molecule has 0 saturated heterocycles. The van der Waals surface area contributed by atoms with Gasteiger partial charge >= 0.3 is 0 Å². The lowest BCUT2D eigenvalue weighted by Gasteiger charge is -2.17. The Labute approximate surface area is 117 Å². The molecule has 0 aliphatic carbocycles. The molecule has 1 aromatic heterocycles. The van der Waals surface area contributed by atoms with Gasteiger partial charge < -0.3 is 21.3 Å². The van der Waals surface area contributed by atoms with E-state index in [2.05, 4.69) is 0 Å². The summed E-state index contributed by atoms with van der Waals surface area (Å²) < 4.78 is 0. The fraction of sp³-hybridized carbons (Fsp3) is 0.500. The Bertz CT molecular complexity index is 496. The van der Waals surface area contributed by atoms with Gasteiger partial charge in [-0.05, 0) is 6.42 Å². The van der Waals surface area contributed by atoms with Gasteiger partial charge in [-0.25, -0.2) is 0 Å². The molecule has 1 aromatic rings. The van der Waals surface area contributed by atoms with Crippen LogP contribution >= 0.6 is 11.3 Å². The van der Waals surface area contributed by atoms with Crippen molar-refractivity contribution >= 4 is 33.8 Å². The molecule has 6 nitrogen and oxygen atoms in total. The minimum Gasteiger partial charge on any atom is -0.397 e. The lowest BCUT2D eigenvalue weighted by Crippen LogP contribution is -2.23. The SMILES string of the molecule is CCCN(C)c1sc(C(=O)N(C)C)c(N)c1C(N)=O. The standard InChI is InChI=1S/C12H20N4O2S/c1-5-6-16(4)12-7(10(14)17)8(13)9(19-12)11(18)15(2)3/h5-6,13H2,1-4H3,(H2,14,17). The second-order valence-electron chi connectivity index (χ2n) is 4.51. The van der Waals surface area contributed by atoms with Gasteiger partial charge in [0, 0.05) is 27.7 Å². The molecule has 0 aromatic carbocycles. The number of anilines is 2. The molecule has 1 rings (SSSR count). The Hall–Kier alpha value is -1.76. The monoisotopic (exact) mass is 284 g/mol. The van der Waals surface area contributed by atoms with Gasteiger partial charge in [0.2, 0.25) is 0 Å². The van der Waals surface area contributed by atoms with Crippen LogP contribution in [0, 0.1) is 0 Å². The number of thiophene rings is 1. The van der Waals surface area contributed by atoms with Crippen molar-refractivity contribution < 1.29 is 9.59 Å². The van der Waals surface area contributed by atoms with Crippen molar-refractivity contribution in [2.45, 2.75) is 13.3 Å². The van der Waals surface area contributed by atoms with E-state index in [1.807, 2.05) is 18.9 Å². The van der Waals surface area contributed by atoms with Crippen LogP contribution in [0.2, 0.25) is 0 Å². The predicted octanol–water partition coefficient (Wildman–Crippen LogP) is 0.977. The van der Waals surface area contributed by atoms with Crippen LogP contribution in [0.15, 0.2) is 0 Å². The largest absolute Gasteiger partial charge is 0.397 e. The number of hydrogen-bond donors (Lipinski definition) is 2. The molecule has 2 amide bonds. The maximum atomic E-state index is 12.0. The molecule has 0 radical (unpaired) electrons. The Morgan fingerprint density at radius 2 is 1.84 bits per heavy atom. The number of hydrogen-bond acceptors (Lipinski definition) is 5. The van der Waals surface area contributed by atoms with Crippen molar-refractivity contribution in [3.05, 3.63) is 10.4 Å². The smallest absolute Gasteiger partial charge is 0.265 e. The van der Waals surface area contributed by atoms with Gasteiger partial charge in [0.05, 0.1) is 11.3 Å². The van der Waals surface area contributed by atoms with Gasteiger partial charge in [-0.3, -0.25) is 9.59 Å². The summed E-state index contributed by atoms with van der Waals surface area (Å²) >= 11 is 1.21. The van der Waals surface area contributed by atoms with E-state index in [0.29, 0.717) is 9.88 Å². The molecule has 0 spiro atoms. The minimum atomic E-state index is -0.607. The van der Waals surface area contributed by atoms with E-state index < -0.39 is 5.91 Å². The number of nitrogens with zero attached hydrogens (tertiary/aromatic N) is 2. The average molecular weight is 284 g/mol. The lowest BCUT2D eigenvalue weighted by molar-refractivity contribution is 0.0833.